The summed E-state index contributed by atoms with van der Waals surface area (Å²) in [7, 11) is 0. The maximum Gasteiger partial charge on any atom is 0.292 e. The molecule has 1 aliphatic rings. The van der Waals surface area contributed by atoms with Gasteiger partial charge < -0.3 is 10.2 Å². The second kappa shape index (κ2) is 7.12. The van der Waals surface area contributed by atoms with Gasteiger partial charge in [0, 0.05) is 32.1 Å². The number of nitro benzene ring substituents is 1. The Morgan fingerprint density at radius 3 is 2.62 bits per heavy atom. The summed E-state index contributed by atoms with van der Waals surface area (Å²) in [4.78, 5) is 24.8. The lowest BCUT2D eigenvalue weighted by Crippen LogP contribution is -2.36. The van der Waals surface area contributed by atoms with Crippen molar-refractivity contribution in [2.24, 2.45) is 0 Å². The first-order valence-corrected chi connectivity index (χ1v) is 7.97. The lowest BCUT2D eigenvalue weighted by atomic mass is 10.00. The van der Waals surface area contributed by atoms with Gasteiger partial charge in [-0.1, -0.05) is 36.4 Å². The number of nitro groups is 1. The van der Waals surface area contributed by atoms with Gasteiger partial charge >= 0.3 is 0 Å². The predicted molar refractivity (Wildman–Crippen MR) is 91.8 cm³/mol. The summed E-state index contributed by atoms with van der Waals surface area (Å²) in [6.07, 6.45) is 1.19. The third kappa shape index (κ3) is 3.53. The molecule has 0 saturated carbocycles. The highest BCUT2D eigenvalue weighted by molar-refractivity contribution is 5.77. The summed E-state index contributed by atoms with van der Waals surface area (Å²) >= 11 is 0. The predicted octanol–water partition coefficient (Wildman–Crippen LogP) is 2.98. The number of para-hydroxylation sites is 2. The van der Waals surface area contributed by atoms with E-state index in [1.807, 2.05) is 17.0 Å². The Labute approximate surface area is 140 Å². The molecule has 124 valence electrons. The molecule has 6 heteroatoms. The van der Waals surface area contributed by atoms with E-state index in [0.717, 1.165) is 13.0 Å². The van der Waals surface area contributed by atoms with Crippen LogP contribution in [-0.2, 0) is 17.8 Å². The van der Waals surface area contributed by atoms with E-state index in [9.17, 15) is 14.9 Å². The Kier molecular flexibility index (Phi) is 4.74. The van der Waals surface area contributed by atoms with Crippen molar-refractivity contribution < 1.29 is 9.72 Å². The number of benzene rings is 2. The first kappa shape index (κ1) is 16.0. The molecular formula is C18H19N3O3. The van der Waals surface area contributed by atoms with Gasteiger partial charge in [-0.2, -0.15) is 0 Å². The van der Waals surface area contributed by atoms with E-state index >= 15 is 0 Å². The number of hydrogen-bond acceptors (Lipinski definition) is 4. The van der Waals surface area contributed by atoms with Crippen molar-refractivity contribution in [1.29, 1.82) is 0 Å². The van der Waals surface area contributed by atoms with Crippen LogP contribution in [0.15, 0.2) is 48.5 Å². The molecule has 2 aromatic carbocycles. The molecule has 0 unspecified atom stereocenters. The van der Waals surface area contributed by atoms with Crippen LogP contribution >= 0.6 is 0 Å². The van der Waals surface area contributed by atoms with Gasteiger partial charge in [0.05, 0.1) is 4.92 Å². The van der Waals surface area contributed by atoms with Crippen LogP contribution in [0, 0.1) is 10.1 Å². The van der Waals surface area contributed by atoms with Crippen LogP contribution < -0.4 is 5.32 Å². The zero-order valence-electron chi connectivity index (χ0n) is 13.3. The smallest absolute Gasteiger partial charge is 0.292 e. The maximum atomic E-state index is 12.4. The van der Waals surface area contributed by atoms with Gasteiger partial charge in [-0.25, -0.2) is 0 Å². The lowest BCUT2D eigenvalue weighted by Gasteiger charge is -2.29. The van der Waals surface area contributed by atoms with Crippen molar-refractivity contribution >= 4 is 17.3 Å². The Morgan fingerprint density at radius 2 is 1.83 bits per heavy atom. The average Bonchev–Trinajstić information content (AvgIpc) is 2.61. The van der Waals surface area contributed by atoms with Gasteiger partial charge in [0.25, 0.3) is 5.69 Å². The molecule has 6 nitrogen and oxygen atoms in total. The van der Waals surface area contributed by atoms with Gasteiger partial charge in [0.1, 0.15) is 5.69 Å². The number of fused-ring (bicyclic) bond motifs is 1. The number of amides is 1. The first-order valence-electron chi connectivity index (χ1n) is 7.97. The van der Waals surface area contributed by atoms with Gasteiger partial charge in [-0.3, -0.25) is 14.9 Å². The third-order valence-electron chi connectivity index (χ3n) is 4.24. The second-order valence-corrected chi connectivity index (χ2v) is 5.79. The Balaban J connectivity index is 1.55. The monoisotopic (exact) mass is 325 g/mol. The molecule has 0 aromatic heterocycles. The van der Waals surface area contributed by atoms with Gasteiger partial charge in [0.15, 0.2) is 0 Å². The topological polar surface area (TPSA) is 75.5 Å². The molecule has 1 heterocycles. The highest BCUT2D eigenvalue weighted by Gasteiger charge is 2.20. The molecule has 24 heavy (non-hydrogen) atoms. The number of rotatable bonds is 5. The second-order valence-electron chi connectivity index (χ2n) is 5.79. The average molecular weight is 325 g/mol. The number of hydrogen-bond donors (Lipinski definition) is 1. The van der Waals surface area contributed by atoms with Crippen molar-refractivity contribution in [3.8, 4) is 0 Å². The number of carbonyl (C=O) groups is 1. The summed E-state index contributed by atoms with van der Waals surface area (Å²) in [5, 5.41) is 14.0. The highest BCUT2D eigenvalue weighted by Crippen LogP contribution is 2.23. The first-order chi connectivity index (χ1) is 11.6. The van der Waals surface area contributed by atoms with Gasteiger partial charge in [-0.05, 0) is 23.6 Å². The van der Waals surface area contributed by atoms with Crippen molar-refractivity contribution in [2.45, 2.75) is 19.4 Å². The molecule has 0 bridgehead atoms. The van der Waals surface area contributed by atoms with Crippen molar-refractivity contribution in [2.75, 3.05) is 18.4 Å². The minimum absolute atomic E-state index is 0.0249. The lowest BCUT2D eigenvalue weighted by molar-refractivity contribution is -0.384. The van der Waals surface area contributed by atoms with Crippen LogP contribution in [0.2, 0.25) is 0 Å². The fourth-order valence-electron chi connectivity index (χ4n) is 2.95. The van der Waals surface area contributed by atoms with E-state index in [1.54, 1.807) is 18.2 Å². The summed E-state index contributed by atoms with van der Waals surface area (Å²) in [6.45, 7) is 1.74. The van der Waals surface area contributed by atoms with Crippen LogP contribution in [0.25, 0.3) is 0 Å². The Hall–Kier alpha value is -2.89. The van der Waals surface area contributed by atoms with Crippen molar-refractivity contribution in [3.05, 3.63) is 69.8 Å². The normalized spacial score (nSPS) is 13.2. The molecule has 2 aromatic rings. The highest BCUT2D eigenvalue weighted by atomic mass is 16.6. The van der Waals surface area contributed by atoms with E-state index < -0.39 is 4.92 Å². The Bertz CT molecular complexity index is 761. The molecule has 1 amide bonds. The number of nitrogens with zero attached hydrogens (tertiary/aromatic N) is 2. The van der Waals surface area contributed by atoms with E-state index in [-0.39, 0.29) is 11.6 Å². The fourth-order valence-corrected chi connectivity index (χ4v) is 2.95. The molecule has 0 saturated heterocycles. The zero-order chi connectivity index (χ0) is 16.9. The minimum atomic E-state index is -0.425. The van der Waals surface area contributed by atoms with Gasteiger partial charge in [-0.15, -0.1) is 0 Å². The number of carbonyl (C=O) groups excluding carboxylic acids is 1. The molecular weight excluding hydrogens is 306 g/mol. The molecule has 1 N–H and O–H groups in total. The van der Waals surface area contributed by atoms with Crippen molar-refractivity contribution in [1.82, 2.24) is 4.90 Å². The van der Waals surface area contributed by atoms with Crippen LogP contribution in [0.5, 0.6) is 0 Å². The molecule has 3 rings (SSSR count). The van der Waals surface area contributed by atoms with Crippen molar-refractivity contribution in [3.63, 3.8) is 0 Å². The molecule has 0 atom stereocenters. The molecule has 0 aliphatic carbocycles. The third-order valence-corrected chi connectivity index (χ3v) is 4.24. The van der Waals surface area contributed by atoms with E-state index in [4.69, 9.17) is 0 Å². The molecule has 0 spiro atoms. The number of anilines is 1. The summed E-state index contributed by atoms with van der Waals surface area (Å²) in [5.41, 5.74) is 2.97. The Morgan fingerprint density at radius 1 is 1.12 bits per heavy atom. The van der Waals surface area contributed by atoms with Crippen LogP contribution in [0.1, 0.15) is 17.5 Å². The van der Waals surface area contributed by atoms with Crippen LogP contribution in [0.3, 0.4) is 0 Å². The minimum Gasteiger partial charge on any atom is -0.379 e. The van der Waals surface area contributed by atoms with E-state index in [0.29, 0.717) is 25.2 Å². The SMILES string of the molecule is O=C(CCNc1ccccc1[N+](=O)[O-])N1CCc2ccccc2C1. The van der Waals surface area contributed by atoms with Gasteiger partial charge in [0.2, 0.25) is 5.91 Å². The van der Waals surface area contributed by atoms with E-state index in [2.05, 4.69) is 17.4 Å². The molecule has 0 radical (unpaired) electrons. The molecule has 1 aliphatic heterocycles. The largest absolute Gasteiger partial charge is 0.379 e. The summed E-state index contributed by atoms with van der Waals surface area (Å²) in [6, 6.07) is 14.6. The quantitative estimate of drug-likeness (QED) is 0.677. The summed E-state index contributed by atoms with van der Waals surface area (Å²) in [5.74, 6) is 0.0654. The zero-order valence-corrected chi connectivity index (χ0v) is 13.3. The van der Waals surface area contributed by atoms with Crippen LogP contribution in [0.4, 0.5) is 11.4 Å². The summed E-state index contributed by atoms with van der Waals surface area (Å²) < 4.78 is 0. The van der Waals surface area contributed by atoms with Crippen LogP contribution in [-0.4, -0.2) is 28.8 Å². The fraction of sp³-hybridized carbons (Fsp3) is 0.278. The molecule has 0 fully saturated rings. The number of nitrogens with one attached hydrogen (secondary N) is 1. The van der Waals surface area contributed by atoms with E-state index in [1.165, 1.54) is 17.2 Å². The maximum absolute atomic E-state index is 12.4. The standard InChI is InChI=1S/C18H19N3O3/c22-18(20-12-10-14-5-1-2-6-15(14)13-20)9-11-19-16-7-3-4-8-17(16)21(23)24/h1-8,19H,9-13H2.